The minimum atomic E-state index is 0.0406. The van der Waals surface area contributed by atoms with Crippen LogP contribution in [0.2, 0.25) is 0 Å². The molecule has 0 heterocycles. The number of nitrogens with zero attached hydrogens (tertiary/aromatic N) is 3. The average molecular weight is 315 g/mol. The van der Waals surface area contributed by atoms with E-state index >= 15 is 0 Å². The summed E-state index contributed by atoms with van der Waals surface area (Å²) in [7, 11) is 1.62. The number of hydrogen-bond acceptors (Lipinski definition) is 6. The maximum absolute atomic E-state index is 9.06. The van der Waals surface area contributed by atoms with E-state index < -0.39 is 0 Å². The lowest BCUT2D eigenvalue weighted by Gasteiger charge is -2.22. The Bertz CT molecular complexity index is 606. The highest BCUT2D eigenvalue weighted by atomic mass is 16.5. The smallest absolute Gasteiger partial charge is 0.119 e. The summed E-state index contributed by atoms with van der Waals surface area (Å²) in [5, 5.41) is 26.5. The SMILES string of the molecule is COc1ccc(N=Nc2ccc(N(CCO)CCO)cc2)cc1. The topological polar surface area (TPSA) is 77.7 Å². The van der Waals surface area contributed by atoms with Gasteiger partial charge in [0.05, 0.1) is 31.7 Å². The molecule has 6 heteroatoms. The van der Waals surface area contributed by atoms with E-state index in [1.54, 1.807) is 7.11 Å². The lowest BCUT2D eigenvalue weighted by atomic mass is 10.2. The zero-order valence-electron chi connectivity index (χ0n) is 13.1. The van der Waals surface area contributed by atoms with Gasteiger partial charge >= 0.3 is 0 Å². The molecule has 0 bridgehead atoms. The molecule has 0 saturated carbocycles. The van der Waals surface area contributed by atoms with Crippen LogP contribution in [0, 0.1) is 0 Å². The van der Waals surface area contributed by atoms with E-state index in [4.69, 9.17) is 14.9 Å². The van der Waals surface area contributed by atoms with Crippen molar-refractivity contribution in [3.05, 3.63) is 48.5 Å². The van der Waals surface area contributed by atoms with E-state index in [1.165, 1.54) is 0 Å². The molecule has 2 aromatic rings. The number of hydrogen-bond donors (Lipinski definition) is 2. The first-order valence-electron chi connectivity index (χ1n) is 7.39. The molecule has 122 valence electrons. The normalized spacial score (nSPS) is 10.9. The van der Waals surface area contributed by atoms with Gasteiger partial charge in [-0.1, -0.05) is 0 Å². The molecule has 23 heavy (non-hydrogen) atoms. The third kappa shape index (κ3) is 5.05. The molecule has 0 atom stereocenters. The van der Waals surface area contributed by atoms with E-state index in [0.717, 1.165) is 22.8 Å². The number of methoxy groups -OCH3 is 1. The second-order valence-electron chi connectivity index (χ2n) is 4.85. The predicted octanol–water partition coefficient (Wildman–Crippen LogP) is 2.90. The lowest BCUT2D eigenvalue weighted by molar-refractivity contribution is 0.281. The summed E-state index contributed by atoms with van der Waals surface area (Å²) in [6, 6.07) is 14.8. The van der Waals surface area contributed by atoms with E-state index in [0.29, 0.717) is 13.1 Å². The fourth-order valence-corrected chi connectivity index (χ4v) is 2.11. The molecule has 2 N–H and O–H groups in total. The fraction of sp³-hybridized carbons (Fsp3) is 0.294. The van der Waals surface area contributed by atoms with Gasteiger partial charge in [-0.2, -0.15) is 10.2 Å². The van der Waals surface area contributed by atoms with Crippen LogP contribution in [0.3, 0.4) is 0 Å². The van der Waals surface area contributed by atoms with Gasteiger partial charge in [0, 0.05) is 18.8 Å². The first-order chi connectivity index (χ1) is 11.3. The van der Waals surface area contributed by atoms with Crippen molar-refractivity contribution in [1.29, 1.82) is 0 Å². The zero-order valence-corrected chi connectivity index (χ0v) is 13.1. The predicted molar refractivity (Wildman–Crippen MR) is 90.0 cm³/mol. The third-order valence-electron chi connectivity index (χ3n) is 3.31. The standard InChI is InChI=1S/C17H21N3O3/c1-23-17-8-4-15(5-9-17)19-18-14-2-6-16(7-3-14)20(10-12-21)11-13-22/h2-9,21-22H,10-13H2,1H3. The van der Waals surface area contributed by atoms with E-state index in [2.05, 4.69) is 10.2 Å². The van der Waals surface area contributed by atoms with Crippen LogP contribution in [-0.4, -0.2) is 43.6 Å². The van der Waals surface area contributed by atoms with Gasteiger partial charge in [0.1, 0.15) is 5.75 Å². The molecule has 0 aromatic heterocycles. The summed E-state index contributed by atoms with van der Waals surface area (Å²) in [5.41, 5.74) is 2.41. The van der Waals surface area contributed by atoms with Gasteiger partial charge in [-0.05, 0) is 48.5 Å². The maximum Gasteiger partial charge on any atom is 0.119 e. The summed E-state index contributed by atoms with van der Waals surface area (Å²) in [6.45, 7) is 1.04. The molecule has 0 amide bonds. The largest absolute Gasteiger partial charge is 0.497 e. The van der Waals surface area contributed by atoms with E-state index in [-0.39, 0.29) is 13.2 Å². The Morgan fingerprint density at radius 3 is 1.74 bits per heavy atom. The lowest BCUT2D eigenvalue weighted by Crippen LogP contribution is -2.29. The first kappa shape index (κ1) is 16.9. The molecular weight excluding hydrogens is 294 g/mol. The van der Waals surface area contributed by atoms with Crippen molar-refractivity contribution in [2.45, 2.75) is 0 Å². The Balaban J connectivity index is 2.04. The number of aliphatic hydroxyl groups excluding tert-OH is 2. The van der Waals surface area contributed by atoms with Gasteiger partial charge in [0.25, 0.3) is 0 Å². The van der Waals surface area contributed by atoms with Crippen molar-refractivity contribution in [2.75, 3.05) is 38.3 Å². The molecule has 2 aromatic carbocycles. The highest BCUT2D eigenvalue weighted by Gasteiger charge is 2.04. The molecule has 0 unspecified atom stereocenters. The van der Waals surface area contributed by atoms with E-state index in [1.807, 2.05) is 53.4 Å². The minimum Gasteiger partial charge on any atom is -0.497 e. The Labute approximate surface area is 135 Å². The second kappa shape index (κ2) is 8.87. The summed E-state index contributed by atoms with van der Waals surface area (Å²) in [6.07, 6.45) is 0. The van der Waals surface area contributed by atoms with Crippen LogP contribution in [0.15, 0.2) is 58.8 Å². The van der Waals surface area contributed by atoms with Crippen LogP contribution in [0.5, 0.6) is 5.75 Å². The van der Waals surface area contributed by atoms with Crippen LogP contribution < -0.4 is 9.64 Å². The number of aliphatic hydroxyl groups is 2. The first-order valence-corrected chi connectivity index (χ1v) is 7.39. The van der Waals surface area contributed by atoms with Gasteiger partial charge in [0.2, 0.25) is 0 Å². The molecular formula is C17H21N3O3. The number of benzene rings is 2. The number of rotatable bonds is 8. The van der Waals surface area contributed by atoms with Crippen molar-refractivity contribution in [2.24, 2.45) is 10.2 Å². The molecule has 0 aliphatic carbocycles. The molecule has 2 rings (SSSR count). The molecule has 6 nitrogen and oxygen atoms in total. The van der Waals surface area contributed by atoms with Crippen LogP contribution in [-0.2, 0) is 0 Å². The summed E-state index contributed by atoms with van der Waals surface area (Å²) < 4.78 is 5.09. The highest BCUT2D eigenvalue weighted by molar-refractivity contribution is 5.53. The summed E-state index contributed by atoms with van der Waals surface area (Å²) >= 11 is 0. The van der Waals surface area contributed by atoms with Crippen LogP contribution >= 0.6 is 0 Å². The van der Waals surface area contributed by atoms with Crippen molar-refractivity contribution in [1.82, 2.24) is 0 Å². The summed E-state index contributed by atoms with van der Waals surface area (Å²) in [5.74, 6) is 0.779. The van der Waals surface area contributed by atoms with Gasteiger partial charge in [0.15, 0.2) is 0 Å². The van der Waals surface area contributed by atoms with Crippen molar-refractivity contribution >= 4 is 17.1 Å². The molecule has 0 fully saturated rings. The van der Waals surface area contributed by atoms with Gasteiger partial charge < -0.3 is 19.8 Å². The van der Waals surface area contributed by atoms with Gasteiger partial charge in [-0.25, -0.2) is 0 Å². The Kier molecular flexibility index (Phi) is 6.53. The van der Waals surface area contributed by atoms with Crippen LogP contribution in [0.4, 0.5) is 17.1 Å². The third-order valence-corrected chi connectivity index (χ3v) is 3.31. The Morgan fingerprint density at radius 2 is 1.30 bits per heavy atom. The Hall–Kier alpha value is -2.44. The molecule has 0 aliphatic rings. The molecule has 0 spiro atoms. The highest BCUT2D eigenvalue weighted by Crippen LogP contribution is 2.23. The average Bonchev–Trinajstić information content (AvgIpc) is 2.61. The van der Waals surface area contributed by atoms with Gasteiger partial charge in [-0.3, -0.25) is 0 Å². The van der Waals surface area contributed by atoms with Crippen LogP contribution in [0.25, 0.3) is 0 Å². The molecule has 0 aliphatic heterocycles. The zero-order chi connectivity index (χ0) is 16.5. The second-order valence-corrected chi connectivity index (χ2v) is 4.85. The number of azo groups is 1. The molecule has 0 saturated heterocycles. The monoisotopic (exact) mass is 315 g/mol. The minimum absolute atomic E-state index is 0.0406. The van der Waals surface area contributed by atoms with Gasteiger partial charge in [-0.15, -0.1) is 0 Å². The fourth-order valence-electron chi connectivity index (χ4n) is 2.11. The summed E-state index contributed by atoms with van der Waals surface area (Å²) in [4.78, 5) is 1.91. The quantitative estimate of drug-likeness (QED) is 0.734. The van der Waals surface area contributed by atoms with Crippen molar-refractivity contribution < 1.29 is 14.9 Å². The van der Waals surface area contributed by atoms with Crippen LogP contribution in [0.1, 0.15) is 0 Å². The van der Waals surface area contributed by atoms with E-state index in [9.17, 15) is 0 Å². The number of ether oxygens (including phenoxy) is 1. The van der Waals surface area contributed by atoms with Crippen molar-refractivity contribution in [3.8, 4) is 5.75 Å². The molecule has 0 radical (unpaired) electrons. The Morgan fingerprint density at radius 1 is 0.826 bits per heavy atom. The number of anilines is 1. The van der Waals surface area contributed by atoms with Crippen molar-refractivity contribution in [3.63, 3.8) is 0 Å². The maximum atomic E-state index is 9.06.